The summed E-state index contributed by atoms with van der Waals surface area (Å²) in [5.41, 5.74) is 3.72. The summed E-state index contributed by atoms with van der Waals surface area (Å²) in [6.07, 6.45) is 1.78. The van der Waals surface area contributed by atoms with E-state index in [0.717, 1.165) is 34.2 Å². The molecule has 24 heavy (non-hydrogen) atoms. The SMILES string of the molecule is COc1ccc(Nc2cnc3ccc(-c4ccccc4)nn23)cc1. The number of hydrogen-bond donors (Lipinski definition) is 1. The number of fused-ring (bicyclic) bond motifs is 1. The molecule has 0 fully saturated rings. The Bertz CT molecular complexity index is 962. The summed E-state index contributed by atoms with van der Waals surface area (Å²) in [6.45, 7) is 0. The lowest BCUT2D eigenvalue weighted by Gasteiger charge is -2.07. The van der Waals surface area contributed by atoms with Gasteiger partial charge >= 0.3 is 0 Å². The van der Waals surface area contributed by atoms with Gasteiger partial charge in [-0.25, -0.2) is 4.98 Å². The van der Waals surface area contributed by atoms with Crippen LogP contribution in [-0.4, -0.2) is 21.7 Å². The van der Waals surface area contributed by atoms with Crippen LogP contribution in [0, 0.1) is 0 Å². The Labute approximate surface area is 139 Å². The number of ether oxygens (including phenoxy) is 1. The number of imidazole rings is 1. The predicted octanol–water partition coefficient (Wildman–Crippen LogP) is 4.15. The van der Waals surface area contributed by atoms with Crippen molar-refractivity contribution in [1.82, 2.24) is 14.6 Å². The highest BCUT2D eigenvalue weighted by atomic mass is 16.5. The summed E-state index contributed by atoms with van der Waals surface area (Å²) in [4.78, 5) is 4.40. The summed E-state index contributed by atoms with van der Waals surface area (Å²) >= 11 is 0. The van der Waals surface area contributed by atoms with Crippen LogP contribution in [-0.2, 0) is 0 Å². The van der Waals surface area contributed by atoms with Gasteiger partial charge < -0.3 is 10.1 Å². The average Bonchev–Trinajstić information content (AvgIpc) is 3.05. The molecule has 5 heteroatoms. The Kier molecular flexibility index (Phi) is 3.59. The van der Waals surface area contributed by atoms with Gasteiger partial charge in [-0.05, 0) is 36.4 Å². The van der Waals surface area contributed by atoms with E-state index < -0.39 is 0 Å². The number of anilines is 2. The molecule has 0 aliphatic carbocycles. The van der Waals surface area contributed by atoms with E-state index in [-0.39, 0.29) is 0 Å². The minimum Gasteiger partial charge on any atom is -0.497 e. The van der Waals surface area contributed by atoms with Crippen LogP contribution in [0.25, 0.3) is 16.9 Å². The maximum atomic E-state index is 5.18. The van der Waals surface area contributed by atoms with Gasteiger partial charge in [0.15, 0.2) is 11.5 Å². The Hall–Kier alpha value is -3.34. The first-order valence-corrected chi connectivity index (χ1v) is 7.65. The highest BCUT2D eigenvalue weighted by molar-refractivity contribution is 5.64. The van der Waals surface area contributed by atoms with Crippen molar-refractivity contribution in [2.75, 3.05) is 12.4 Å². The molecule has 0 saturated heterocycles. The van der Waals surface area contributed by atoms with Crippen LogP contribution in [0.2, 0.25) is 0 Å². The summed E-state index contributed by atoms with van der Waals surface area (Å²) in [7, 11) is 1.65. The van der Waals surface area contributed by atoms with E-state index in [4.69, 9.17) is 9.84 Å². The second-order valence-corrected chi connectivity index (χ2v) is 5.35. The molecule has 4 rings (SSSR count). The Morgan fingerprint density at radius 3 is 2.46 bits per heavy atom. The molecule has 118 valence electrons. The summed E-state index contributed by atoms with van der Waals surface area (Å²) in [5, 5.41) is 8.04. The van der Waals surface area contributed by atoms with Gasteiger partial charge in [-0.1, -0.05) is 30.3 Å². The van der Waals surface area contributed by atoms with Gasteiger partial charge in [0, 0.05) is 11.3 Å². The minimum absolute atomic E-state index is 0.797. The maximum Gasteiger partial charge on any atom is 0.155 e. The molecule has 2 aromatic carbocycles. The molecule has 0 aliphatic heterocycles. The smallest absolute Gasteiger partial charge is 0.155 e. The first kappa shape index (κ1) is 14.3. The minimum atomic E-state index is 0.797. The first-order chi connectivity index (χ1) is 11.8. The molecule has 0 amide bonds. The van der Waals surface area contributed by atoms with E-state index in [1.807, 2.05) is 71.2 Å². The van der Waals surface area contributed by atoms with E-state index >= 15 is 0 Å². The van der Waals surface area contributed by atoms with Gasteiger partial charge in [0.05, 0.1) is 19.0 Å². The van der Waals surface area contributed by atoms with E-state index in [1.165, 1.54) is 0 Å². The van der Waals surface area contributed by atoms with Gasteiger partial charge in [0.2, 0.25) is 0 Å². The molecular formula is C19H16N4O. The maximum absolute atomic E-state index is 5.18. The van der Waals surface area contributed by atoms with Crippen molar-refractivity contribution in [2.45, 2.75) is 0 Å². The number of nitrogens with one attached hydrogen (secondary N) is 1. The molecule has 2 heterocycles. The molecule has 5 nitrogen and oxygen atoms in total. The van der Waals surface area contributed by atoms with Crippen molar-refractivity contribution in [3.05, 3.63) is 72.9 Å². The molecule has 0 spiro atoms. The third-order valence-electron chi connectivity index (χ3n) is 3.79. The summed E-state index contributed by atoms with van der Waals surface area (Å²) < 4.78 is 6.99. The van der Waals surface area contributed by atoms with Crippen molar-refractivity contribution >= 4 is 17.2 Å². The van der Waals surface area contributed by atoms with Crippen molar-refractivity contribution in [2.24, 2.45) is 0 Å². The van der Waals surface area contributed by atoms with Crippen LogP contribution in [0.1, 0.15) is 0 Å². The van der Waals surface area contributed by atoms with Gasteiger partial charge in [-0.2, -0.15) is 9.61 Å². The third kappa shape index (κ3) is 2.67. The topological polar surface area (TPSA) is 51.5 Å². The Morgan fingerprint density at radius 2 is 1.71 bits per heavy atom. The number of hydrogen-bond acceptors (Lipinski definition) is 4. The predicted molar refractivity (Wildman–Crippen MR) is 94.7 cm³/mol. The van der Waals surface area contributed by atoms with Crippen LogP contribution in [0.15, 0.2) is 72.9 Å². The Balaban J connectivity index is 1.70. The highest BCUT2D eigenvalue weighted by Gasteiger charge is 2.07. The van der Waals surface area contributed by atoms with Crippen molar-refractivity contribution in [3.8, 4) is 17.0 Å². The van der Waals surface area contributed by atoms with Gasteiger partial charge in [0.1, 0.15) is 5.75 Å². The lowest BCUT2D eigenvalue weighted by Crippen LogP contribution is -2.00. The van der Waals surface area contributed by atoms with Gasteiger partial charge in [0.25, 0.3) is 0 Å². The zero-order valence-corrected chi connectivity index (χ0v) is 13.2. The fraction of sp³-hybridized carbons (Fsp3) is 0.0526. The lowest BCUT2D eigenvalue weighted by molar-refractivity contribution is 0.415. The van der Waals surface area contributed by atoms with Gasteiger partial charge in [-0.15, -0.1) is 0 Å². The number of rotatable bonds is 4. The molecule has 4 aromatic rings. The molecule has 0 bridgehead atoms. The van der Waals surface area contributed by atoms with Crippen LogP contribution in [0.3, 0.4) is 0 Å². The molecule has 0 saturated carbocycles. The number of nitrogens with zero attached hydrogens (tertiary/aromatic N) is 3. The molecule has 0 unspecified atom stereocenters. The largest absolute Gasteiger partial charge is 0.497 e. The molecule has 0 aliphatic rings. The first-order valence-electron chi connectivity index (χ1n) is 7.65. The average molecular weight is 316 g/mol. The van der Waals surface area contributed by atoms with Crippen molar-refractivity contribution in [1.29, 1.82) is 0 Å². The summed E-state index contributed by atoms with van der Waals surface area (Å²) in [5.74, 6) is 1.64. The van der Waals surface area contributed by atoms with Crippen LogP contribution < -0.4 is 10.1 Å². The second kappa shape index (κ2) is 6.04. The standard InChI is InChI=1S/C19H16N4O/c1-24-16-9-7-15(8-10-16)21-19-13-20-18-12-11-17(22-23(18)19)14-5-3-2-4-6-14/h2-13,21H,1H3. The van der Waals surface area contributed by atoms with Crippen LogP contribution in [0.4, 0.5) is 11.5 Å². The number of benzene rings is 2. The van der Waals surface area contributed by atoms with E-state index in [2.05, 4.69) is 10.3 Å². The third-order valence-corrected chi connectivity index (χ3v) is 3.79. The fourth-order valence-electron chi connectivity index (χ4n) is 2.54. The number of aromatic nitrogens is 3. The summed E-state index contributed by atoms with van der Waals surface area (Å²) in [6, 6.07) is 21.8. The number of methoxy groups -OCH3 is 1. The zero-order chi connectivity index (χ0) is 16.4. The van der Waals surface area contributed by atoms with E-state index in [9.17, 15) is 0 Å². The second-order valence-electron chi connectivity index (χ2n) is 5.35. The van der Waals surface area contributed by atoms with E-state index in [1.54, 1.807) is 13.3 Å². The lowest BCUT2D eigenvalue weighted by atomic mass is 10.1. The molecule has 2 aromatic heterocycles. The zero-order valence-electron chi connectivity index (χ0n) is 13.2. The quantitative estimate of drug-likeness (QED) is 0.614. The molecule has 1 N–H and O–H groups in total. The molecular weight excluding hydrogens is 300 g/mol. The molecule has 0 radical (unpaired) electrons. The Morgan fingerprint density at radius 1 is 0.917 bits per heavy atom. The van der Waals surface area contributed by atoms with Crippen molar-refractivity contribution in [3.63, 3.8) is 0 Å². The monoisotopic (exact) mass is 316 g/mol. The fourth-order valence-corrected chi connectivity index (χ4v) is 2.54. The molecule has 0 atom stereocenters. The van der Waals surface area contributed by atoms with E-state index in [0.29, 0.717) is 0 Å². The van der Waals surface area contributed by atoms with Crippen molar-refractivity contribution < 1.29 is 4.74 Å². The van der Waals surface area contributed by atoms with Gasteiger partial charge in [-0.3, -0.25) is 0 Å². The normalized spacial score (nSPS) is 10.7. The van der Waals surface area contributed by atoms with Crippen LogP contribution in [0.5, 0.6) is 5.75 Å². The van der Waals surface area contributed by atoms with Crippen LogP contribution >= 0.6 is 0 Å². The highest BCUT2D eigenvalue weighted by Crippen LogP contribution is 2.22.